The molecule has 122 valence electrons. The molecular formula is C18H28N2O2. The second-order valence-electron chi connectivity index (χ2n) is 7.26. The van der Waals surface area contributed by atoms with E-state index in [2.05, 4.69) is 24.1 Å². The summed E-state index contributed by atoms with van der Waals surface area (Å²) in [5.41, 5.74) is 1.33. The molecule has 1 aliphatic carbocycles. The average molecular weight is 304 g/mol. The van der Waals surface area contributed by atoms with Gasteiger partial charge in [-0.25, -0.2) is 0 Å². The standard InChI is InChI=1S/C18H28N2O2/c1-18(2)8-6-15(7-9-18)17(22)20-12-14(13-21)11-16-5-3-4-10-19-16/h3-5,10,14-15,21H,6-9,11-13H2,1-2H3,(H,20,22). The van der Waals surface area contributed by atoms with Crippen LogP contribution in [0.15, 0.2) is 24.4 Å². The van der Waals surface area contributed by atoms with Crippen LogP contribution in [0.5, 0.6) is 0 Å². The van der Waals surface area contributed by atoms with Crippen LogP contribution in [0.2, 0.25) is 0 Å². The number of aliphatic hydroxyl groups excluding tert-OH is 1. The molecule has 1 heterocycles. The first-order chi connectivity index (χ1) is 10.5. The lowest BCUT2D eigenvalue weighted by atomic mass is 9.73. The molecule has 0 radical (unpaired) electrons. The summed E-state index contributed by atoms with van der Waals surface area (Å²) in [7, 11) is 0. The largest absolute Gasteiger partial charge is 0.396 e. The van der Waals surface area contributed by atoms with Crippen LogP contribution in [0.25, 0.3) is 0 Å². The highest BCUT2D eigenvalue weighted by atomic mass is 16.3. The Morgan fingerprint density at radius 2 is 2.14 bits per heavy atom. The maximum absolute atomic E-state index is 12.3. The zero-order chi connectivity index (χ0) is 16.0. The maximum Gasteiger partial charge on any atom is 0.223 e. The molecule has 0 spiro atoms. The molecule has 1 unspecified atom stereocenters. The molecular weight excluding hydrogens is 276 g/mol. The van der Waals surface area contributed by atoms with E-state index in [-0.39, 0.29) is 24.3 Å². The summed E-state index contributed by atoms with van der Waals surface area (Å²) >= 11 is 0. The third-order valence-electron chi connectivity index (χ3n) is 4.76. The van der Waals surface area contributed by atoms with Crippen molar-refractivity contribution in [2.45, 2.75) is 46.0 Å². The lowest BCUT2D eigenvalue weighted by Crippen LogP contribution is -2.38. The second kappa shape index (κ2) is 7.73. The predicted molar refractivity (Wildman–Crippen MR) is 87.3 cm³/mol. The van der Waals surface area contributed by atoms with Gasteiger partial charge in [0.2, 0.25) is 5.91 Å². The van der Waals surface area contributed by atoms with Gasteiger partial charge >= 0.3 is 0 Å². The third-order valence-corrected chi connectivity index (χ3v) is 4.76. The number of carbonyl (C=O) groups excluding carboxylic acids is 1. The Kier molecular flexibility index (Phi) is 5.95. The third kappa shape index (κ3) is 5.09. The predicted octanol–water partition coefficient (Wildman–Crippen LogP) is 2.57. The average Bonchev–Trinajstić information content (AvgIpc) is 2.52. The van der Waals surface area contributed by atoms with Gasteiger partial charge in [0.15, 0.2) is 0 Å². The minimum absolute atomic E-state index is 0.0267. The maximum atomic E-state index is 12.3. The van der Waals surface area contributed by atoms with Crippen molar-refractivity contribution >= 4 is 5.91 Å². The van der Waals surface area contributed by atoms with Crippen LogP contribution < -0.4 is 5.32 Å². The van der Waals surface area contributed by atoms with E-state index in [9.17, 15) is 9.90 Å². The highest BCUT2D eigenvalue weighted by Gasteiger charge is 2.30. The summed E-state index contributed by atoms with van der Waals surface area (Å²) in [5, 5.41) is 12.5. The minimum Gasteiger partial charge on any atom is -0.396 e. The highest BCUT2D eigenvalue weighted by Crippen LogP contribution is 2.37. The molecule has 4 nitrogen and oxygen atoms in total. The van der Waals surface area contributed by atoms with E-state index in [0.29, 0.717) is 18.4 Å². The van der Waals surface area contributed by atoms with Crippen LogP contribution in [0, 0.1) is 17.3 Å². The van der Waals surface area contributed by atoms with Gasteiger partial charge in [-0.3, -0.25) is 9.78 Å². The zero-order valence-electron chi connectivity index (χ0n) is 13.7. The number of pyridine rings is 1. The molecule has 1 aromatic heterocycles. The fraction of sp³-hybridized carbons (Fsp3) is 0.667. The number of amides is 1. The smallest absolute Gasteiger partial charge is 0.223 e. The number of hydrogen-bond donors (Lipinski definition) is 2. The number of aromatic nitrogens is 1. The van der Waals surface area contributed by atoms with E-state index < -0.39 is 0 Å². The second-order valence-corrected chi connectivity index (χ2v) is 7.26. The molecule has 4 heteroatoms. The minimum atomic E-state index is 0.0267. The lowest BCUT2D eigenvalue weighted by molar-refractivity contribution is -0.126. The topological polar surface area (TPSA) is 62.2 Å². The molecule has 1 amide bonds. The summed E-state index contributed by atoms with van der Waals surface area (Å²) in [5.74, 6) is 0.316. The van der Waals surface area contributed by atoms with Crippen molar-refractivity contribution in [3.05, 3.63) is 30.1 Å². The number of nitrogens with zero attached hydrogens (tertiary/aromatic N) is 1. The zero-order valence-corrected chi connectivity index (χ0v) is 13.7. The summed E-state index contributed by atoms with van der Waals surface area (Å²) < 4.78 is 0. The van der Waals surface area contributed by atoms with Crippen molar-refractivity contribution in [3.63, 3.8) is 0 Å². The molecule has 0 bridgehead atoms. The van der Waals surface area contributed by atoms with Crippen LogP contribution >= 0.6 is 0 Å². The van der Waals surface area contributed by atoms with E-state index in [4.69, 9.17) is 0 Å². The normalized spacial score (nSPS) is 19.6. The first kappa shape index (κ1) is 16.9. The van der Waals surface area contributed by atoms with Crippen molar-refractivity contribution < 1.29 is 9.90 Å². The molecule has 22 heavy (non-hydrogen) atoms. The van der Waals surface area contributed by atoms with Crippen LogP contribution in [0.3, 0.4) is 0 Å². The fourth-order valence-electron chi connectivity index (χ4n) is 3.07. The number of hydrogen-bond acceptors (Lipinski definition) is 3. The van der Waals surface area contributed by atoms with Gasteiger partial charge in [0.25, 0.3) is 0 Å². The van der Waals surface area contributed by atoms with E-state index >= 15 is 0 Å². The van der Waals surface area contributed by atoms with Crippen LogP contribution in [0.4, 0.5) is 0 Å². The fourth-order valence-corrected chi connectivity index (χ4v) is 3.07. The Hall–Kier alpha value is -1.42. The van der Waals surface area contributed by atoms with Gasteiger partial charge in [-0.05, 0) is 49.7 Å². The molecule has 0 aromatic carbocycles. The lowest BCUT2D eigenvalue weighted by Gasteiger charge is -2.33. The van der Waals surface area contributed by atoms with Gasteiger partial charge < -0.3 is 10.4 Å². The van der Waals surface area contributed by atoms with Crippen molar-refractivity contribution in [1.82, 2.24) is 10.3 Å². The van der Waals surface area contributed by atoms with Gasteiger partial charge in [0, 0.05) is 36.9 Å². The van der Waals surface area contributed by atoms with Crippen LogP contribution in [-0.2, 0) is 11.2 Å². The number of nitrogens with one attached hydrogen (secondary N) is 1. The number of rotatable bonds is 6. The molecule has 0 aliphatic heterocycles. The van der Waals surface area contributed by atoms with Crippen molar-refractivity contribution in [2.24, 2.45) is 17.3 Å². The Balaban J connectivity index is 1.77. The number of carbonyl (C=O) groups is 1. The first-order valence-corrected chi connectivity index (χ1v) is 8.28. The first-order valence-electron chi connectivity index (χ1n) is 8.28. The van der Waals surface area contributed by atoms with E-state index in [0.717, 1.165) is 31.4 Å². The SMILES string of the molecule is CC1(C)CCC(C(=O)NCC(CO)Cc2ccccn2)CC1. The summed E-state index contributed by atoms with van der Waals surface area (Å²) in [6.45, 7) is 5.13. The van der Waals surface area contributed by atoms with Gasteiger partial charge in [-0.15, -0.1) is 0 Å². The Morgan fingerprint density at radius 1 is 1.41 bits per heavy atom. The van der Waals surface area contributed by atoms with Gasteiger partial charge in [-0.1, -0.05) is 19.9 Å². The molecule has 1 atom stereocenters. The quantitative estimate of drug-likeness (QED) is 0.849. The Labute approximate surface area is 133 Å². The van der Waals surface area contributed by atoms with Crippen LogP contribution in [0.1, 0.15) is 45.2 Å². The van der Waals surface area contributed by atoms with Gasteiger partial charge in [-0.2, -0.15) is 0 Å². The monoisotopic (exact) mass is 304 g/mol. The molecule has 0 saturated heterocycles. The molecule has 1 aliphatic rings. The van der Waals surface area contributed by atoms with E-state index in [1.807, 2.05) is 18.2 Å². The Bertz CT molecular complexity index is 463. The number of aliphatic hydroxyl groups is 1. The van der Waals surface area contributed by atoms with Gasteiger partial charge in [0.05, 0.1) is 0 Å². The van der Waals surface area contributed by atoms with Gasteiger partial charge in [0.1, 0.15) is 0 Å². The highest BCUT2D eigenvalue weighted by molar-refractivity contribution is 5.78. The van der Waals surface area contributed by atoms with Crippen LogP contribution in [-0.4, -0.2) is 29.1 Å². The van der Waals surface area contributed by atoms with E-state index in [1.54, 1.807) is 6.20 Å². The molecule has 1 saturated carbocycles. The molecule has 2 rings (SSSR count). The summed E-state index contributed by atoms with van der Waals surface area (Å²) in [6, 6.07) is 5.77. The van der Waals surface area contributed by atoms with E-state index in [1.165, 1.54) is 0 Å². The summed E-state index contributed by atoms with van der Waals surface area (Å²) in [6.07, 6.45) is 6.62. The molecule has 1 aromatic rings. The molecule has 1 fully saturated rings. The van der Waals surface area contributed by atoms with Crippen molar-refractivity contribution in [2.75, 3.05) is 13.2 Å². The molecule has 2 N–H and O–H groups in total. The van der Waals surface area contributed by atoms with Crippen molar-refractivity contribution in [1.29, 1.82) is 0 Å². The van der Waals surface area contributed by atoms with Crippen molar-refractivity contribution in [3.8, 4) is 0 Å². The summed E-state index contributed by atoms with van der Waals surface area (Å²) in [4.78, 5) is 16.5. The Morgan fingerprint density at radius 3 is 2.73 bits per heavy atom.